The molecule has 1 N–H and O–H groups in total. The zero-order chi connectivity index (χ0) is 20.2. The average molecular weight is 402 g/mol. The number of benzene rings is 1. The molecule has 0 amide bonds. The molecule has 144 valence electrons. The highest BCUT2D eigenvalue weighted by Crippen LogP contribution is 2.23. The zero-order valence-electron chi connectivity index (χ0n) is 16.6. The largest absolute Gasteiger partial charge is 0.340 e. The number of nitrogens with one attached hydrogen (secondary N) is 1. The van der Waals surface area contributed by atoms with Gasteiger partial charge >= 0.3 is 0 Å². The van der Waals surface area contributed by atoms with E-state index in [1.807, 2.05) is 52.0 Å². The minimum absolute atomic E-state index is 0.650. The maximum absolute atomic E-state index is 6.21. The lowest BCUT2D eigenvalue weighted by Crippen LogP contribution is -2.08. The molecule has 0 unspecified atom stereocenters. The molecule has 27 heavy (non-hydrogen) atoms. The summed E-state index contributed by atoms with van der Waals surface area (Å²) in [5, 5.41) is 8.16. The van der Waals surface area contributed by atoms with Gasteiger partial charge in [-0.2, -0.15) is 11.3 Å². The van der Waals surface area contributed by atoms with E-state index in [2.05, 4.69) is 40.4 Å². The number of halogens is 1. The second-order valence-electron chi connectivity index (χ2n) is 5.60. The van der Waals surface area contributed by atoms with Crippen molar-refractivity contribution in [1.82, 2.24) is 0 Å². The molecule has 0 atom stereocenters. The van der Waals surface area contributed by atoms with Gasteiger partial charge in [0.1, 0.15) is 5.82 Å². The molecular weight excluding hydrogens is 374 g/mol. The molecule has 2 aromatic rings. The zero-order valence-corrected chi connectivity index (χ0v) is 18.1. The summed E-state index contributed by atoms with van der Waals surface area (Å²) in [5.74, 6) is 0.673. The molecule has 0 radical (unpaired) electrons. The lowest BCUT2D eigenvalue weighted by Gasteiger charge is -2.14. The van der Waals surface area contributed by atoms with E-state index < -0.39 is 0 Å². The van der Waals surface area contributed by atoms with Crippen molar-refractivity contribution in [3.05, 3.63) is 75.2 Å². The normalized spacial score (nSPS) is 11.8. The first-order valence-electron chi connectivity index (χ1n) is 8.91. The molecule has 2 rings (SSSR count). The van der Waals surface area contributed by atoms with Crippen LogP contribution in [0.25, 0.3) is 0 Å². The van der Waals surface area contributed by atoms with E-state index in [9.17, 15) is 0 Å². The van der Waals surface area contributed by atoms with Crippen LogP contribution in [0.3, 0.4) is 0 Å². The van der Waals surface area contributed by atoms with Crippen LogP contribution in [0, 0.1) is 6.92 Å². The molecule has 5 heteroatoms. The molecule has 1 heterocycles. The van der Waals surface area contributed by atoms with Gasteiger partial charge in [-0.1, -0.05) is 37.6 Å². The van der Waals surface area contributed by atoms with E-state index in [0.29, 0.717) is 23.8 Å². The van der Waals surface area contributed by atoms with Gasteiger partial charge in [-0.25, -0.2) is 4.99 Å². The van der Waals surface area contributed by atoms with Gasteiger partial charge in [0, 0.05) is 22.0 Å². The summed E-state index contributed by atoms with van der Waals surface area (Å²) in [5.41, 5.74) is 4.99. The number of rotatable bonds is 8. The molecule has 0 spiro atoms. The van der Waals surface area contributed by atoms with Crippen molar-refractivity contribution < 1.29 is 0 Å². The second-order valence-corrected chi connectivity index (χ2v) is 6.79. The van der Waals surface area contributed by atoms with Crippen LogP contribution < -0.4 is 5.32 Å². The molecule has 1 aromatic heterocycles. The minimum atomic E-state index is 0.650. The summed E-state index contributed by atoms with van der Waals surface area (Å²) in [6.07, 6.45) is 2.49. The molecule has 0 aliphatic carbocycles. The number of hydrogen-bond donors (Lipinski definition) is 1. The smallest absolute Gasteiger partial charge is 0.134 e. The van der Waals surface area contributed by atoms with E-state index in [1.54, 1.807) is 11.3 Å². The predicted octanol–water partition coefficient (Wildman–Crippen LogP) is 7.30. The lowest BCUT2D eigenvalue weighted by atomic mass is 10.1. The van der Waals surface area contributed by atoms with Crippen LogP contribution in [-0.2, 0) is 6.54 Å². The fraction of sp³-hybridized carbons (Fsp3) is 0.273. The Morgan fingerprint density at radius 2 is 2.04 bits per heavy atom. The number of hydrogen-bond acceptors (Lipinski definition) is 4. The van der Waals surface area contributed by atoms with E-state index in [-0.39, 0.29) is 0 Å². The summed E-state index contributed by atoms with van der Waals surface area (Å²) >= 11 is 7.88. The summed E-state index contributed by atoms with van der Waals surface area (Å²) in [6, 6.07) is 7.90. The molecular formula is C22H28ClN3S. The number of allylic oxidation sites excluding steroid dienone is 2. The van der Waals surface area contributed by atoms with Crippen LogP contribution in [0.1, 0.15) is 38.3 Å². The molecule has 0 bridgehead atoms. The highest BCUT2D eigenvalue weighted by atomic mass is 35.5. The van der Waals surface area contributed by atoms with Crippen molar-refractivity contribution in [1.29, 1.82) is 0 Å². The van der Waals surface area contributed by atoms with Gasteiger partial charge in [-0.05, 0) is 67.1 Å². The van der Waals surface area contributed by atoms with Gasteiger partial charge < -0.3 is 5.32 Å². The first-order valence-corrected chi connectivity index (χ1v) is 10.2. The Kier molecular flexibility index (Phi) is 10.4. The van der Waals surface area contributed by atoms with Crippen LogP contribution in [0.5, 0.6) is 0 Å². The maximum Gasteiger partial charge on any atom is 0.134 e. The first-order chi connectivity index (χ1) is 13.0. The number of anilines is 1. The number of aryl methyl sites for hydroxylation is 1. The van der Waals surface area contributed by atoms with E-state index in [4.69, 9.17) is 16.6 Å². The van der Waals surface area contributed by atoms with Gasteiger partial charge in [0.25, 0.3) is 0 Å². The minimum Gasteiger partial charge on any atom is -0.340 e. The van der Waals surface area contributed by atoms with Crippen LogP contribution in [0.4, 0.5) is 5.69 Å². The number of thiophene rings is 1. The Hall–Kier alpha value is -2.17. The van der Waals surface area contributed by atoms with Gasteiger partial charge in [-0.15, -0.1) is 6.58 Å². The third-order valence-electron chi connectivity index (χ3n) is 3.74. The van der Waals surface area contributed by atoms with Crippen molar-refractivity contribution >= 4 is 41.1 Å². The summed E-state index contributed by atoms with van der Waals surface area (Å²) < 4.78 is 0. The van der Waals surface area contributed by atoms with Crippen molar-refractivity contribution in [3.63, 3.8) is 0 Å². The quantitative estimate of drug-likeness (QED) is 0.365. The maximum atomic E-state index is 6.21. The predicted molar refractivity (Wildman–Crippen MR) is 124 cm³/mol. The summed E-state index contributed by atoms with van der Waals surface area (Å²) in [6.45, 7) is 16.2. The highest BCUT2D eigenvalue weighted by Gasteiger charge is 2.09. The Morgan fingerprint density at radius 3 is 2.59 bits per heavy atom. The molecule has 0 saturated heterocycles. The Morgan fingerprint density at radius 1 is 1.30 bits per heavy atom. The van der Waals surface area contributed by atoms with Crippen molar-refractivity contribution in [2.75, 3.05) is 5.32 Å². The monoisotopic (exact) mass is 401 g/mol. The fourth-order valence-corrected chi connectivity index (χ4v) is 3.11. The van der Waals surface area contributed by atoms with E-state index >= 15 is 0 Å². The average Bonchev–Trinajstić information content (AvgIpc) is 3.20. The number of aliphatic imine (C=N–C) groups is 2. The van der Waals surface area contributed by atoms with Crippen molar-refractivity contribution in [2.45, 2.75) is 40.7 Å². The van der Waals surface area contributed by atoms with E-state index in [0.717, 1.165) is 22.5 Å². The highest BCUT2D eigenvalue weighted by molar-refractivity contribution is 7.07. The standard InChI is InChI=1S/C20H22ClN3S.C2H6/c1-5-6-18(15(3)23-12-16-9-10-25-13-16)20(22-4)24-17-8-7-14(2)19(21)11-17;1-2/h5,7-11,13,24H,1,4,6,12H2,2-3H3;1-2H3/b20-18+,23-15?;. The first kappa shape index (κ1) is 22.9. The molecule has 0 fully saturated rings. The van der Waals surface area contributed by atoms with Crippen LogP contribution in [0.15, 0.2) is 69.1 Å². The van der Waals surface area contributed by atoms with Gasteiger partial charge in [-0.3, -0.25) is 4.99 Å². The molecule has 3 nitrogen and oxygen atoms in total. The van der Waals surface area contributed by atoms with Gasteiger partial charge in [0.05, 0.1) is 6.54 Å². The van der Waals surface area contributed by atoms with E-state index in [1.165, 1.54) is 5.56 Å². The molecule has 0 aliphatic heterocycles. The Balaban J connectivity index is 0.00000176. The number of nitrogens with zero attached hydrogens (tertiary/aromatic N) is 2. The van der Waals surface area contributed by atoms with Crippen molar-refractivity contribution in [3.8, 4) is 0 Å². The van der Waals surface area contributed by atoms with Crippen LogP contribution in [-0.4, -0.2) is 12.4 Å². The molecule has 0 aliphatic rings. The Labute approximate surface area is 172 Å². The third kappa shape index (κ3) is 7.16. The lowest BCUT2D eigenvalue weighted by molar-refractivity contribution is 1.06. The Bertz CT molecular complexity index is 805. The second kappa shape index (κ2) is 12.3. The van der Waals surface area contributed by atoms with Crippen molar-refractivity contribution in [2.24, 2.45) is 9.98 Å². The summed E-state index contributed by atoms with van der Waals surface area (Å²) in [7, 11) is 0. The topological polar surface area (TPSA) is 36.8 Å². The van der Waals surface area contributed by atoms with Gasteiger partial charge in [0.2, 0.25) is 0 Å². The van der Waals surface area contributed by atoms with Crippen LogP contribution in [0.2, 0.25) is 5.02 Å². The third-order valence-corrected chi connectivity index (χ3v) is 4.88. The van der Waals surface area contributed by atoms with Crippen LogP contribution >= 0.6 is 22.9 Å². The molecule has 0 saturated carbocycles. The molecule has 1 aromatic carbocycles. The fourth-order valence-electron chi connectivity index (χ4n) is 2.27. The van der Waals surface area contributed by atoms with Gasteiger partial charge in [0.15, 0.2) is 0 Å². The SMILES string of the molecule is C=CC/C(C(C)=NCc1ccsc1)=C(/N=C)Nc1ccc(C)c(Cl)c1.CC. The summed E-state index contributed by atoms with van der Waals surface area (Å²) in [4.78, 5) is 8.86.